The van der Waals surface area contributed by atoms with E-state index in [9.17, 15) is 9.90 Å². The molecule has 2 unspecified atom stereocenters. The molecule has 22 heavy (non-hydrogen) atoms. The van der Waals surface area contributed by atoms with E-state index in [1.54, 1.807) is 0 Å². The van der Waals surface area contributed by atoms with Crippen LogP contribution in [0, 0.1) is 17.8 Å². The van der Waals surface area contributed by atoms with E-state index < -0.39 is 0 Å². The number of carbonyl (C=O) groups excluding carboxylic acids is 1. The summed E-state index contributed by atoms with van der Waals surface area (Å²) in [4.78, 5) is 11.6. The number of aromatic hydroxyl groups is 1. The Bertz CT molecular complexity index is 521. The molecule has 0 aromatic heterocycles. The quantitative estimate of drug-likeness (QED) is 0.866. The maximum Gasteiger partial charge on any atom is 0.132 e. The van der Waals surface area contributed by atoms with Gasteiger partial charge in [0.1, 0.15) is 11.5 Å². The smallest absolute Gasteiger partial charge is 0.132 e. The second-order valence-corrected chi connectivity index (χ2v) is 7.76. The largest absolute Gasteiger partial charge is 0.508 e. The summed E-state index contributed by atoms with van der Waals surface area (Å²) < 4.78 is 0. The highest BCUT2D eigenvalue weighted by Gasteiger charge is 2.47. The molecule has 1 aromatic carbocycles. The van der Waals surface area contributed by atoms with Crippen molar-refractivity contribution in [1.29, 1.82) is 0 Å². The number of hydrogen-bond acceptors (Lipinski definition) is 2. The van der Waals surface area contributed by atoms with Crippen LogP contribution >= 0.6 is 0 Å². The van der Waals surface area contributed by atoms with Crippen LogP contribution < -0.4 is 0 Å². The Labute approximate surface area is 133 Å². The molecule has 2 atom stereocenters. The van der Waals surface area contributed by atoms with Gasteiger partial charge in [0.15, 0.2) is 0 Å². The Morgan fingerprint density at radius 1 is 1.09 bits per heavy atom. The minimum Gasteiger partial charge on any atom is -0.508 e. The Morgan fingerprint density at radius 2 is 1.73 bits per heavy atom. The van der Waals surface area contributed by atoms with Crippen molar-refractivity contribution in [3.8, 4) is 5.75 Å². The molecule has 1 aromatic rings. The van der Waals surface area contributed by atoms with Gasteiger partial charge in [-0.2, -0.15) is 0 Å². The molecule has 2 heteroatoms. The van der Waals surface area contributed by atoms with Crippen LogP contribution in [0.4, 0.5) is 0 Å². The van der Waals surface area contributed by atoms with Crippen LogP contribution in [0.1, 0.15) is 64.4 Å². The van der Waals surface area contributed by atoms with E-state index in [1.807, 2.05) is 12.1 Å². The average Bonchev–Trinajstić information content (AvgIpc) is 2.95. The van der Waals surface area contributed by atoms with E-state index in [4.69, 9.17) is 0 Å². The van der Waals surface area contributed by atoms with Crippen molar-refractivity contribution in [1.82, 2.24) is 0 Å². The van der Waals surface area contributed by atoms with Crippen molar-refractivity contribution < 1.29 is 9.90 Å². The monoisotopic (exact) mass is 300 g/mol. The fourth-order valence-electron chi connectivity index (χ4n) is 4.84. The van der Waals surface area contributed by atoms with E-state index in [-0.39, 0.29) is 5.41 Å². The molecule has 120 valence electrons. The van der Waals surface area contributed by atoms with Gasteiger partial charge in [-0.05, 0) is 73.0 Å². The van der Waals surface area contributed by atoms with Gasteiger partial charge in [0, 0.05) is 12.8 Å². The lowest BCUT2D eigenvalue weighted by molar-refractivity contribution is -0.121. The lowest BCUT2D eigenvalue weighted by Gasteiger charge is -2.41. The number of rotatable bonds is 3. The van der Waals surface area contributed by atoms with Crippen LogP contribution in [0.5, 0.6) is 5.75 Å². The predicted molar refractivity (Wildman–Crippen MR) is 88.9 cm³/mol. The SMILES string of the molecule is CC(C)C1CCC(c2ccc(O)cc2)(C2CCC(=O)CC2)C1. The Balaban J connectivity index is 1.92. The van der Waals surface area contributed by atoms with E-state index in [0.717, 1.165) is 37.5 Å². The fourth-order valence-corrected chi connectivity index (χ4v) is 4.84. The van der Waals surface area contributed by atoms with Crippen molar-refractivity contribution in [3.05, 3.63) is 29.8 Å². The summed E-state index contributed by atoms with van der Waals surface area (Å²) in [7, 11) is 0. The van der Waals surface area contributed by atoms with Crippen molar-refractivity contribution in [2.45, 2.75) is 64.2 Å². The maximum atomic E-state index is 11.6. The van der Waals surface area contributed by atoms with E-state index in [2.05, 4.69) is 26.0 Å². The number of Topliss-reactive ketones (excluding diaryl/α,β-unsaturated/α-hetero) is 1. The van der Waals surface area contributed by atoms with Gasteiger partial charge in [-0.25, -0.2) is 0 Å². The molecule has 0 amide bonds. The first-order chi connectivity index (χ1) is 10.5. The lowest BCUT2D eigenvalue weighted by atomic mass is 9.63. The topological polar surface area (TPSA) is 37.3 Å². The van der Waals surface area contributed by atoms with Gasteiger partial charge in [-0.15, -0.1) is 0 Å². The number of phenolic OH excluding ortho intramolecular Hbond substituents is 1. The van der Waals surface area contributed by atoms with E-state index in [1.165, 1.54) is 24.8 Å². The molecule has 0 radical (unpaired) electrons. The summed E-state index contributed by atoms with van der Waals surface area (Å²) in [6, 6.07) is 7.89. The molecule has 0 bridgehead atoms. The molecule has 2 fully saturated rings. The van der Waals surface area contributed by atoms with Crippen molar-refractivity contribution >= 4 is 5.78 Å². The highest BCUT2D eigenvalue weighted by Crippen LogP contribution is 2.54. The van der Waals surface area contributed by atoms with Crippen molar-refractivity contribution in [2.24, 2.45) is 17.8 Å². The van der Waals surface area contributed by atoms with Crippen LogP contribution in [0.2, 0.25) is 0 Å². The van der Waals surface area contributed by atoms with Crippen molar-refractivity contribution in [2.75, 3.05) is 0 Å². The maximum absolute atomic E-state index is 11.6. The average molecular weight is 300 g/mol. The molecular formula is C20H28O2. The van der Waals surface area contributed by atoms with Crippen LogP contribution in [0.25, 0.3) is 0 Å². The van der Waals surface area contributed by atoms with Crippen LogP contribution in [0.15, 0.2) is 24.3 Å². The van der Waals surface area contributed by atoms with Crippen molar-refractivity contribution in [3.63, 3.8) is 0 Å². The third-order valence-electron chi connectivity index (χ3n) is 6.30. The Kier molecular flexibility index (Phi) is 4.29. The Morgan fingerprint density at radius 3 is 2.27 bits per heavy atom. The first-order valence-electron chi connectivity index (χ1n) is 8.82. The van der Waals surface area contributed by atoms with Gasteiger partial charge in [0.05, 0.1) is 0 Å². The summed E-state index contributed by atoms with van der Waals surface area (Å²) in [5.41, 5.74) is 1.61. The summed E-state index contributed by atoms with van der Waals surface area (Å²) in [5.74, 6) is 2.92. The molecular weight excluding hydrogens is 272 g/mol. The Hall–Kier alpha value is -1.31. The van der Waals surface area contributed by atoms with Crippen LogP contribution in [0.3, 0.4) is 0 Å². The van der Waals surface area contributed by atoms with Gasteiger partial charge in [-0.1, -0.05) is 26.0 Å². The number of ketones is 1. The molecule has 2 aliphatic rings. The standard InChI is InChI=1S/C20H28O2/c1-14(2)15-11-12-20(13-15,16-3-7-18(21)8-4-16)17-5-9-19(22)10-6-17/h3-4,7-8,14-15,17,21H,5-6,9-13H2,1-2H3. The fraction of sp³-hybridized carbons (Fsp3) is 0.650. The van der Waals surface area contributed by atoms with Crippen LogP contribution in [-0.2, 0) is 10.2 Å². The summed E-state index contributed by atoms with van der Waals surface area (Å²) in [5, 5.41) is 9.62. The first-order valence-corrected chi connectivity index (χ1v) is 8.82. The molecule has 2 saturated carbocycles. The van der Waals surface area contributed by atoms with Gasteiger partial charge >= 0.3 is 0 Å². The molecule has 0 saturated heterocycles. The summed E-state index contributed by atoms with van der Waals surface area (Å²) in [6.07, 6.45) is 7.39. The highest BCUT2D eigenvalue weighted by molar-refractivity contribution is 5.79. The molecule has 3 rings (SSSR count). The van der Waals surface area contributed by atoms with E-state index >= 15 is 0 Å². The minimum atomic E-state index is 0.226. The number of carbonyl (C=O) groups is 1. The van der Waals surface area contributed by atoms with Gasteiger partial charge in [0.2, 0.25) is 0 Å². The first kappa shape index (κ1) is 15.6. The second kappa shape index (κ2) is 6.06. The normalized spacial score (nSPS) is 30.1. The zero-order chi connectivity index (χ0) is 15.7. The third kappa shape index (κ3) is 2.80. The molecule has 0 heterocycles. The summed E-state index contributed by atoms with van der Waals surface area (Å²) >= 11 is 0. The second-order valence-electron chi connectivity index (χ2n) is 7.76. The lowest BCUT2D eigenvalue weighted by Crippen LogP contribution is -2.36. The van der Waals surface area contributed by atoms with Crippen LogP contribution in [-0.4, -0.2) is 10.9 Å². The zero-order valence-electron chi connectivity index (χ0n) is 13.8. The third-order valence-corrected chi connectivity index (χ3v) is 6.30. The van der Waals surface area contributed by atoms with Gasteiger partial charge < -0.3 is 5.11 Å². The number of hydrogen-bond donors (Lipinski definition) is 1. The zero-order valence-corrected chi connectivity index (χ0v) is 13.8. The highest BCUT2D eigenvalue weighted by atomic mass is 16.3. The molecule has 0 aliphatic heterocycles. The summed E-state index contributed by atoms with van der Waals surface area (Å²) in [6.45, 7) is 4.67. The van der Waals surface area contributed by atoms with Gasteiger partial charge in [-0.3, -0.25) is 4.79 Å². The predicted octanol–water partition coefficient (Wildman–Crippen LogP) is 4.85. The molecule has 2 nitrogen and oxygen atoms in total. The molecule has 0 spiro atoms. The minimum absolute atomic E-state index is 0.226. The van der Waals surface area contributed by atoms with Gasteiger partial charge in [0.25, 0.3) is 0 Å². The van der Waals surface area contributed by atoms with E-state index in [0.29, 0.717) is 17.5 Å². The molecule has 1 N–H and O–H groups in total. The number of benzene rings is 1. The number of phenols is 1. The molecule has 2 aliphatic carbocycles.